The van der Waals surface area contributed by atoms with Crippen molar-refractivity contribution in [2.75, 3.05) is 12.1 Å². The number of pyridine rings is 1. The van der Waals surface area contributed by atoms with Crippen LogP contribution in [0.1, 0.15) is 24.3 Å². The monoisotopic (exact) mass is 319 g/mol. The first-order valence-corrected chi connectivity index (χ1v) is 6.18. The number of carbonyl (C=O) groups is 2. The second-order valence-corrected chi connectivity index (χ2v) is 4.63. The van der Waals surface area contributed by atoms with Gasteiger partial charge in [-0.3, -0.25) is 19.1 Å². The number of halogens is 3. The number of amides is 1. The van der Waals surface area contributed by atoms with Crippen molar-refractivity contribution in [3.05, 3.63) is 28.2 Å². The number of fused-ring (bicyclic) bond motifs is 1. The van der Waals surface area contributed by atoms with E-state index in [0.717, 1.165) is 24.6 Å². The summed E-state index contributed by atoms with van der Waals surface area (Å²) in [6, 6.07) is -1.04. The summed E-state index contributed by atoms with van der Waals surface area (Å²) in [6.45, 7) is 1.43. The van der Waals surface area contributed by atoms with Crippen molar-refractivity contribution in [1.82, 2.24) is 9.58 Å². The fourth-order valence-corrected chi connectivity index (χ4v) is 1.94. The van der Waals surface area contributed by atoms with Crippen molar-refractivity contribution in [3.8, 4) is 5.75 Å². The summed E-state index contributed by atoms with van der Waals surface area (Å²) in [7, 11) is 0. The SMILES string of the molecule is CC(=O)Oc1c2n(ccc1=O)NCN([C@H](C)C(F)(F)F)C2=O. The van der Waals surface area contributed by atoms with Gasteiger partial charge in [0.2, 0.25) is 11.2 Å². The normalized spacial score (nSPS) is 15.9. The molecule has 0 unspecified atom stereocenters. The highest BCUT2D eigenvalue weighted by molar-refractivity contribution is 5.97. The maximum Gasteiger partial charge on any atom is 0.408 e. The van der Waals surface area contributed by atoms with Crippen LogP contribution in [-0.2, 0) is 4.79 Å². The summed E-state index contributed by atoms with van der Waals surface area (Å²) in [5.74, 6) is -2.52. The molecular formula is C12H12F3N3O4. The van der Waals surface area contributed by atoms with Crippen LogP contribution >= 0.6 is 0 Å². The van der Waals surface area contributed by atoms with Crippen molar-refractivity contribution in [2.24, 2.45) is 0 Å². The maximum absolute atomic E-state index is 12.8. The molecule has 0 saturated heterocycles. The van der Waals surface area contributed by atoms with Gasteiger partial charge in [0.15, 0.2) is 5.69 Å². The third-order valence-corrected chi connectivity index (χ3v) is 3.12. The van der Waals surface area contributed by atoms with Crippen molar-refractivity contribution >= 4 is 11.9 Å². The molecule has 22 heavy (non-hydrogen) atoms. The van der Waals surface area contributed by atoms with Gasteiger partial charge in [-0.05, 0) is 6.92 Å². The molecule has 0 aromatic carbocycles. The van der Waals surface area contributed by atoms with Gasteiger partial charge in [0.25, 0.3) is 5.91 Å². The standard InChI is InChI=1S/C12H12F3N3O4/c1-6(12(13,14)15)17-5-16-18-4-3-8(20)10(22-7(2)19)9(18)11(17)21/h3-4,6,16H,5H2,1-2H3/t6-/m1/s1. The van der Waals surface area contributed by atoms with Gasteiger partial charge in [-0.25, -0.2) is 0 Å². The Kier molecular flexibility index (Phi) is 3.86. The highest BCUT2D eigenvalue weighted by Crippen LogP contribution is 2.28. The van der Waals surface area contributed by atoms with E-state index in [1.807, 2.05) is 0 Å². The number of hydrogen-bond acceptors (Lipinski definition) is 5. The number of carbonyl (C=O) groups excluding carboxylic acids is 2. The Morgan fingerprint density at radius 2 is 2.05 bits per heavy atom. The molecule has 120 valence electrons. The molecule has 2 heterocycles. The second-order valence-electron chi connectivity index (χ2n) is 4.63. The number of ether oxygens (including phenoxy) is 1. The molecule has 0 bridgehead atoms. The molecule has 2 rings (SSSR count). The Bertz CT molecular complexity index is 683. The molecule has 0 radical (unpaired) electrons. The minimum absolute atomic E-state index is 0.408. The van der Waals surface area contributed by atoms with Gasteiger partial charge in [0.1, 0.15) is 12.7 Å². The fourth-order valence-electron chi connectivity index (χ4n) is 1.94. The topological polar surface area (TPSA) is 80.6 Å². The summed E-state index contributed by atoms with van der Waals surface area (Å²) in [4.78, 5) is 35.6. The number of hydrogen-bond donors (Lipinski definition) is 1. The van der Waals surface area contributed by atoms with Crippen LogP contribution < -0.4 is 15.6 Å². The van der Waals surface area contributed by atoms with Crippen LogP contribution in [0.3, 0.4) is 0 Å². The van der Waals surface area contributed by atoms with Crippen LogP contribution in [0.2, 0.25) is 0 Å². The highest BCUT2D eigenvalue weighted by Gasteiger charge is 2.44. The minimum Gasteiger partial charge on any atom is -0.420 e. The van der Waals surface area contributed by atoms with Gasteiger partial charge in [-0.15, -0.1) is 0 Å². The van der Waals surface area contributed by atoms with Crippen LogP contribution in [-0.4, -0.2) is 40.3 Å². The molecule has 0 saturated carbocycles. The predicted octanol–water partition coefficient (Wildman–Crippen LogP) is 0.681. The number of nitrogens with zero attached hydrogens (tertiary/aromatic N) is 2. The molecule has 1 aromatic heterocycles. The quantitative estimate of drug-likeness (QED) is 0.811. The van der Waals surface area contributed by atoms with E-state index in [9.17, 15) is 27.6 Å². The molecule has 1 N–H and O–H groups in total. The summed E-state index contributed by atoms with van der Waals surface area (Å²) >= 11 is 0. The van der Waals surface area contributed by atoms with E-state index in [-0.39, 0.29) is 0 Å². The first kappa shape index (κ1) is 15.9. The Labute approximate surface area is 122 Å². The summed E-state index contributed by atoms with van der Waals surface area (Å²) in [5, 5.41) is 0. The van der Waals surface area contributed by atoms with E-state index >= 15 is 0 Å². The molecule has 1 aromatic rings. The van der Waals surface area contributed by atoms with Crippen molar-refractivity contribution in [3.63, 3.8) is 0 Å². The average molecular weight is 319 g/mol. The summed E-state index contributed by atoms with van der Waals surface area (Å²) in [5.41, 5.74) is 1.30. The molecule has 0 aliphatic carbocycles. The zero-order valence-electron chi connectivity index (χ0n) is 11.6. The lowest BCUT2D eigenvalue weighted by molar-refractivity contribution is -0.172. The molecule has 0 fully saturated rings. The van der Waals surface area contributed by atoms with Gasteiger partial charge < -0.3 is 15.1 Å². The third-order valence-electron chi connectivity index (χ3n) is 3.12. The van der Waals surface area contributed by atoms with Gasteiger partial charge >= 0.3 is 12.1 Å². The Morgan fingerprint density at radius 1 is 1.41 bits per heavy atom. The zero-order valence-corrected chi connectivity index (χ0v) is 11.6. The molecule has 0 spiro atoms. The van der Waals surface area contributed by atoms with E-state index in [0.29, 0.717) is 4.90 Å². The lowest BCUT2D eigenvalue weighted by Gasteiger charge is -2.36. The Morgan fingerprint density at radius 3 is 2.59 bits per heavy atom. The van der Waals surface area contributed by atoms with E-state index < -0.39 is 47.6 Å². The van der Waals surface area contributed by atoms with Crippen LogP contribution in [0, 0.1) is 0 Å². The Hall–Kier alpha value is -2.52. The average Bonchev–Trinajstić information content (AvgIpc) is 2.40. The molecule has 10 heteroatoms. The van der Waals surface area contributed by atoms with Gasteiger partial charge in [-0.2, -0.15) is 13.2 Å². The zero-order chi connectivity index (χ0) is 16.7. The number of esters is 1. The first-order valence-electron chi connectivity index (χ1n) is 6.18. The summed E-state index contributed by atoms with van der Waals surface area (Å²) in [6.07, 6.45) is -3.45. The van der Waals surface area contributed by atoms with Crippen LogP contribution in [0.15, 0.2) is 17.1 Å². The smallest absolute Gasteiger partial charge is 0.408 e. The van der Waals surface area contributed by atoms with Gasteiger partial charge in [0, 0.05) is 19.2 Å². The van der Waals surface area contributed by atoms with Gasteiger partial charge in [-0.1, -0.05) is 0 Å². The predicted molar refractivity (Wildman–Crippen MR) is 67.9 cm³/mol. The molecule has 1 aliphatic heterocycles. The largest absolute Gasteiger partial charge is 0.420 e. The van der Waals surface area contributed by atoms with E-state index in [1.165, 1.54) is 6.20 Å². The fraction of sp³-hybridized carbons (Fsp3) is 0.417. The molecule has 1 aliphatic rings. The van der Waals surface area contributed by atoms with Crippen LogP contribution in [0.4, 0.5) is 13.2 Å². The molecule has 1 atom stereocenters. The number of aromatic nitrogens is 1. The third kappa shape index (κ3) is 2.76. The van der Waals surface area contributed by atoms with E-state index in [1.54, 1.807) is 0 Å². The van der Waals surface area contributed by atoms with Crippen molar-refractivity contribution in [2.45, 2.75) is 26.1 Å². The van der Waals surface area contributed by atoms with Crippen molar-refractivity contribution in [1.29, 1.82) is 0 Å². The Balaban J connectivity index is 2.50. The van der Waals surface area contributed by atoms with E-state index in [4.69, 9.17) is 0 Å². The first-order chi connectivity index (χ1) is 10.1. The van der Waals surface area contributed by atoms with E-state index in [2.05, 4.69) is 10.2 Å². The summed E-state index contributed by atoms with van der Waals surface area (Å²) < 4.78 is 44.1. The lowest BCUT2D eigenvalue weighted by Crippen LogP contribution is -2.54. The molecule has 7 nitrogen and oxygen atoms in total. The second kappa shape index (κ2) is 5.35. The lowest BCUT2D eigenvalue weighted by atomic mass is 10.2. The number of nitrogens with one attached hydrogen (secondary N) is 1. The molecular weight excluding hydrogens is 307 g/mol. The maximum atomic E-state index is 12.8. The molecule has 1 amide bonds. The van der Waals surface area contributed by atoms with Crippen LogP contribution in [0.5, 0.6) is 5.75 Å². The van der Waals surface area contributed by atoms with Gasteiger partial charge in [0.05, 0.1) is 0 Å². The van der Waals surface area contributed by atoms with Crippen molar-refractivity contribution < 1.29 is 27.5 Å². The van der Waals surface area contributed by atoms with Crippen LogP contribution in [0.25, 0.3) is 0 Å². The minimum atomic E-state index is -4.63. The number of alkyl halides is 3. The highest BCUT2D eigenvalue weighted by atomic mass is 19.4. The number of rotatable bonds is 2.